The van der Waals surface area contributed by atoms with Crippen LogP contribution in [0.5, 0.6) is 0 Å². The van der Waals surface area contributed by atoms with Gasteiger partial charge in [-0.15, -0.1) is 0 Å². The summed E-state index contributed by atoms with van der Waals surface area (Å²) in [5.41, 5.74) is 0.676. The molecule has 0 aliphatic heterocycles. The summed E-state index contributed by atoms with van der Waals surface area (Å²) in [6.07, 6.45) is 0. The maximum Gasteiger partial charge on any atom is 0.335 e. The van der Waals surface area contributed by atoms with Crippen LogP contribution in [0.4, 0.5) is 5.69 Å². The molecule has 0 aliphatic rings. The number of carbonyl (C=O) groups is 1. The van der Waals surface area contributed by atoms with Crippen LogP contribution in [0.3, 0.4) is 0 Å². The molecular formula is C9H10ClNO3. The fourth-order valence-electron chi connectivity index (χ4n) is 0.984. The van der Waals surface area contributed by atoms with Gasteiger partial charge < -0.3 is 15.5 Å². The Morgan fingerprint density at radius 2 is 2.21 bits per heavy atom. The molecule has 0 atom stereocenters. The third-order valence-corrected chi connectivity index (χ3v) is 1.97. The number of aliphatic hydroxyl groups excluding tert-OH is 1. The van der Waals surface area contributed by atoms with E-state index in [1.807, 2.05) is 0 Å². The lowest BCUT2D eigenvalue weighted by Crippen LogP contribution is -2.07. The van der Waals surface area contributed by atoms with Crippen LogP contribution in [0.1, 0.15) is 10.4 Å². The predicted octanol–water partition coefficient (Wildman–Crippen LogP) is 1.44. The zero-order valence-electron chi connectivity index (χ0n) is 7.33. The van der Waals surface area contributed by atoms with Crippen LogP contribution in [-0.4, -0.2) is 29.3 Å². The quantitative estimate of drug-likeness (QED) is 0.711. The monoisotopic (exact) mass is 215 g/mol. The number of anilines is 1. The molecule has 0 amide bonds. The van der Waals surface area contributed by atoms with Crippen molar-refractivity contribution in [1.82, 2.24) is 0 Å². The topological polar surface area (TPSA) is 69.6 Å². The Morgan fingerprint density at radius 1 is 1.50 bits per heavy atom. The number of carboxylic acid groups (broad SMARTS) is 1. The lowest BCUT2D eigenvalue weighted by atomic mass is 10.2. The highest BCUT2D eigenvalue weighted by Gasteiger charge is 2.06. The van der Waals surface area contributed by atoms with Crippen LogP contribution >= 0.6 is 11.6 Å². The molecule has 0 unspecified atom stereocenters. The van der Waals surface area contributed by atoms with E-state index in [2.05, 4.69) is 5.32 Å². The number of hydrogen-bond donors (Lipinski definition) is 3. The van der Waals surface area contributed by atoms with Gasteiger partial charge in [0.2, 0.25) is 0 Å². The van der Waals surface area contributed by atoms with Crippen molar-refractivity contribution >= 4 is 23.3 Å². The fourth-order valence-corrected chi connectivity index (χ4v) is 1.17. The Morgan fingerprint density at radius 3 is 2.79 bits per heavy atom. The SMILES string of the molecule is O=C(O)c1ccc(Cl)c(NCCO)c1. The molecule has 1 aromatic rings. The summed E-state index contributed by atoms with van der Waals surface area (Å²) in [7, 11) is 0. The zero-order chi connectivity index (χ0) is 10.6. The third-order valence-electron chi connectivity index (χ3n) is 1.64. The molecule has 0 heterocycles. The van der Waals surface area contributed by atoms with Gasteiger partial charge in [0.05, 0.1) is 22.9 Å². The van der Waals surface area contributed by atoms with E-state index in [4.69, 9.17) is 21.8 Å². The first-order valence-corrected chi connectivity index (χ1v) is 4.40. The van der Waals surface area contributed by atoms with E-state index in [1.165, 1.54) is 18.2 Å². The second-order valence-corrected chi connectivity index (χ2v) is 3.06. The normalized spacial score (nSPS) is 9.86. The van der Waals surface area contributed by atoms with Crippen LogP contribution in [0, 0.1) is 0 Å². The van der Waals surface area contributed by atoms with Crippen molar-refractivity contribution in [3.05, 3.63) is 28.8 Å². The van der Waals surface area contributed by atoms with Gasteiger partial charge >= 0.3 is 5.97 Å². The molecule has 0 radical (unpaired) electrons. The van der Waals surface area contributed by atoms with Gasteiger partial charge in [0.15, 0.2) is 0 Å². The van der Waals surface area contributed by atoms with Gasteiger partial charge in [-0.3, -0.25) is 0 Å². The standard InChI is InChI=1S/C9H10ClNO3/c10-7-2-1-6(9(13)14)5-8(7)11-3-4-12/h1-2,5,11-12H,3-4H2,(H,13,14). The first-order valence-electron chi connectivity index (χ1n) is 4.02. The Labute approximate surface area is 86.1 Å². The summed E-state index contributed by atoms with van der Waals surface area (Å²) in [4.78, 5) is 10.6. The number of benzene rings is 1. The molecule has 0 fully saturated rings. The Hall–Kier alpha value is -1.26. The molecule has 5 heteroatoms. The van der Waals surface area contributed by atoms with Crippen molar-refractivity contribution < 1.29 is 15.0 Å². The number of aliphatic hydroxyl groups is 1. The number of carboxylic acids is 1. The molecule has 0 saturated heterocycles. The lowest BCUT2D eigenvalue weighted by molar-refractivity contribution is 0.0697. The van der Waals surface area contributed by atoms with Crippen LogP contribution in [0.25, 0.3) is 0 Å². The van der Waals surface area contributed by atoms with Gasteiger partial charge in [0.25, 0.3) is 0 Å². The Balaban J connectivity index is 2.90. The maximum atomic E-state index is 10.6. The van der Waals surface area contributed by atoms with E-state index in [-0.39, 0.29) is 12.2 Å². The van der Waals surface area contributed by atoms with Crippen LogP contribution in [-0.2, 0) is 0 Å². The minimum atomic E-state index is -1.01. The Kier molecular flexibility index (Phi) is 3.73. The predicted molar refractivity (Wildman–Crippen MR) is 54.0 cm³/mol. The molecule has 76 valence electrons. The summed E-state index contributed by atoms with van der Waals surface area (Å²) in [5, 5.41) is 20.5. The van der Waals surface area contributed by atoms with Crippen molar-refractivity contribution in [2.24, 2.45) is 0 Å². The number of rotatable bonds is 4. The van der Waals surface area contributed by atoms with Crippen LogP contribution < -0.4 is 5.32 Å². The average Bonchev–Trinajstić information content (AvgIpc) is 2.16. The maximum absolute atomic E-state index is 10.6. The molecule has 4 nitrogen and oxygen atoms in total. The molecule has 0 aromatic heterocycles. The molecule has 0 bridgehead atoms. The number of nitrogens with one attached hydrogen (secondary N) is 1. The molecule has 1 aromatic carbocycles. The van der Waals surface area contributed by atoms with Crippen molar-refractivity contribution in [3.8, 4) is 0 Å². The smallest absolute Gasteiger partial charge is 0.335 e. The minimum absolute atomic E-state index is 0.0341. The highest BCUT2D eigenvalue weighted by atomic mass is 35.5. The van der Waals surface area contributed by atoms with Gasteiger partial charge in [-0.1, -0.05) is 11.6 Å². The molecular weight excluding hydrogens is 206 g/mol. The van der Waals surface area contributed by atoms with E-state index in [0.717, 1.165) is 0 Å². The Bertz CT molecular complexity index is 341. The van der Waals surface area contributed by atoms with Gasteiger partial charge in [0.1, 0.15) is 0 Å². The molecule has 3 N–H and O–H groups in total. The summed E-state index contributed by atoms with van der Waals surface area (Å²) in [5.74, 6) is -1.01. The highest BCUT2D eigenvalue weighted by Crippen LogP contribution is 2.22. The lowest BCUT2D eigenvalue weighted by Gasteiger charge is -2.07. The van der Waals surface area contributed by atoms with Crippen LogP contribution in [0.15, 0.2) is 18.2 Å². The first-order chi connectivity index (χ1) is 6.65. The van der Waals surface area contributed by atoms with E-state index < -0.39 is 5.97 Å². The fraction of sp³-hybridized carbons (Fsp3) is 0.222. The van der Waals surface area contributed by atoms with Gasteiger partial charge in [-0.25, -0.2) is 4.79 Å². The summed E-state index contributed by atoms with van der Waals surface area (Å²) < 4.78 is 0. The largest absolute Gasteiger partial charge is 0.478 e. The van der Waals surface area contributed by atoms with Crippen LogP contribution in [0.2, 0.25) is 5.02 Å². The first kappa shape index (κ1) is 10.8. The number of aromatic carboxylic acids is 1. The van der Waals surface area contributed by atoms with E-state index in [9.17, 15) is 4.79 Å². The van der Waals surface area contributed by atoms with Crippen molar-refractivity contribution in [3.63, 3.8) is 0 Å². The molecule has 14 heavy (non-hydrogen) atoms. The van der Waals surface area contributed by atoms with Crippen molar-refractivity contribution in [2.75, 3.05) is 18.5 Å². The van der Waals surface area contributed by atoms with E-state index >= 15 is 0 Å². The molecule has 0 aliphatic carbocycles. The minimum Gasteiger partial charge on any atom is -0.478 e. The summed E-state index contributed by atoms with van der Waals surface area (Å²) >= 11 is 5.80. The number of hydrogen-bond acceptors (Lipinski definition) is 3. The average molecular weight is 216 g/mol. The molecule has 0 saturated carbocycles. The van der Waals surface area contributed by atoms with E-state index in [1.54, 1.807) is 0 Å². The second kappa shape index (κ2) is 4.83. The molecule has 0 spiro atoms. The highest BCUT2D eigenvalue weighted by molar-refractivity contribution is 6.33. The molecule has 1 rings (SSSR count). The van der Waals surface area contributed by atoms with Gasteiger partial charge in [0, 0.05) is 6.54 Å². The van der Waals surface area contributed by atoms with Gasteiger partial charge in [-0.05, 0) is 18.2 Å². The summed E-state index contributed by atoms with van der Waals surface area (Å²) in [6, 6.07) is 4.36. The zero-order valence-corrected chi connectivity index (χ0v) is 8.08. The van der Waals surface area contributed by atoms with Gasteiger partial charge in [-0.2, -0.15) is 0 Å². The third kappa shape index (κ3) is 2.61. The van der Waals surface area contributed by atoms with E-state index in [0.29, 0.717) is 17.3 Å². The summed E-state index contributed by atoms with van der Waals surface area (Å²) in [6.45, 7) is 0.302. The number of halogens is 1. The van der Waals surface area contributed by atoms with Crippen molar-refractivity contribution in [1.29, 1.82) is 0 Å². The van der Waals surface area contributed by atoms with Crippen molar-refractivity contribution in [2.45, 2.75) is 0 Å². The second-order valence-electron chi connectivity index (χ2n) is 2.65.